The maximum Gasteiger partial charge on any atom is 0.407 e. The number of nitrogen functional groups attached to an aromatic ring is 2. The average Bonchev–Trinajstić information content (AvgIpc) is 3.95. The highest BCUT2D eigenvalue weighted by Crippen LogP contribution is 2.49. The van der Waals surface area contributed by atoms with Crippen LogP contribution in [-0.2, 0) is 69.4 Å². The Labute approximate surface area is 425 Å². The maximum absolute atomic E-state index is 13.4. The lowest BCUT2D eigenvalue weighted by molar-refractivity contribution is -0.160. The highest BCUT2D eigenvalue weighted by atomic mass is 31.2. The Balaban J connectivity index is 0.000000279. The van der Waals surface area contributed by atoms with Crippen molar-refractivity contribution < 1.29 is 75.6 Å². The van der Waals surface area contributed by atoms with Gasteiger partial charge in [-0.1, -0.05) is 36.4 Å². The molecule has 0 fully saturated rings. The molecule has 4 unspecified atom stereocenters. The number of hydrogen-bond donors (Lipinski definition) is 4. The highest BCUT2D eigenvalue weighted by molar-refractivity contribution is 7.54. The van der Waals surface area contributed by atoms with Crippen LogP contribution in [0.2, 0.25) is 0 Å². The molecule has 28 heteroatoms. The van der Waals surface area contributed by atoms with E-state index in [2.05, 4.69) is 29.9 Å². The number of carboxylic acids is 2. The second-order valence-corrected chi connectivity index (χ2v) is 21.6. The number of carbonyl (C=O) groups is 4. The van der Waals surface area contributed by atoms with Gasteiger partial charge >= 0.3 is 39.1 Å². The number of nitrogens with two attached hydrogens (primary N) is 2. The number of rotatable bonds is 22. The van der Waals surface area contributed by atoms with Crippen molar-refractivity contribution in [2.45, 2.75) is 80.7 Å². The van der Waals surface area contributed by atoms with Crippen LogP contribution in [0.5, 0.6) is 11.5 Å². The number of fused-ring (bicyclic) bond motifs is 2. The van der Waals surface area contributed by atoms with Gasteiger partial charge in [0.2, 0.25) is 13.6 Å². The molecule has 0 bridgehead atoms. The first-order valence-corrected chi connectivity index (χ1v) is 25.7. The van der Waals surface area contributed by atoms with Crippen LogP contribution in [0, 0.1) is 10.8 Å². The molecule has 4 atom stereocenters. The predicted molar refractivity (Wildman–Crippen MR) is 267 cm³/mol. The summed E-state index contributed by atoms with van der Waals surface area (Å²) in [7, 11) is -7.64. The van der Waals surface area contributed by atoms with E-state index in [0.717, 1.165) is 0 Å². The average molecular weight is 1070 g/mol. The summed E-state index contributed by atoms with van der Waals surface area (Å²) in [6.07, 6.45) is 5.45. The van der Waals surface area contributed by atoms with Crippen molar-refractivity contribution in [3.63, 3.8) is 0 Å². The molecule has 6 aromatic rings. The van der Waals surface area contributed by atoms with Gasteiger partial charge in [-0.15, -0.1) is 0 Å². The molecule has 4 aromatic heterocycles. The molecule has 0 saturated carbocycles. The minimum Gasteiger partial charge on any atom is -0.478 e. The third-order valence-corrected chi connectivity index (χ3v) is 12.2. The number of carboxylic acid groups (broad SMARTS) is 2. The van der Waals surface area contributed by atoms with Crippen LogP contribution in [0.1, 0.15) is 55.4 Å². The highest BCUT2D eigenvalue weighted by Gasteiger charge is 2.32. The van der Waals surface area contributed by atoms with Crippen LogP contribution in [0.15, 0.2) is 98.1 Å². The lowest BCUT2D eigenvalue weighted by atomic mass is 9.98. The van der Waals surface area contributed by atoms with Gasteiger partial charge in [0.25, 0.3) is 0 Å². The standard InChI is InChI=1S/2C21H28N5O6P.C4H4O4/c2*1-15(10-26-12-25-17-18(22)23-11-24-19(17)26)30-14-33(28,32-16-8-6-5-7-9-16)31-13-29-20(27)21(2,3)4;5-3(6)1-2-4(7)8/h2*5-9,11-12,15H,10,13-14H2,1-4H3,(H2,22,23,24);1-2H,(H,5,6)(H,7,8)/b;;2-1+. The van der Waals surface area contributed by atoms with E-state index in [1.807, 2.05) is 0 Å². The van der Waals surface area contributed by atoms with Gasteiger partial charge in [0.05, 0.1) is 48.8 Å². The summed E-state index contributed by atoms with van der Waals surface area (Å²) in [4.78, 5) is 67.8. The molecule has 6 N–H and O–H groups in total. The largest absolute Gasteiger partial charge is 0.478 e. The van der Waals surface area contributed by atoms with E-state index in [0.29, 0.717) is 59.1 Å². The lowest BCUT2D eigenvalue weighted by Gasteiger charge is -2.22. The van der Waals surface area contributed by atoms with E-state index in [9.17, 15) is 28.3 Å². The third-order valence-electron chi connectivity index (χ3n) is 9.25. The zero-order valence-electron chi connectivity index (χ0n) is 41.9. The molecular weight excluding hydrogens is 1010 g/mol. The van der Waals surface area contributed by atoms with E-state index in [4.69, 9.17) is 58.7 Å². The van der Waals surface area contributed by atoms with Crippen molar-refractivity contribution in [1.82, 2.24) is 39.0 Å². The summed E-state index contributed by atoms with van der Waals surface area (Å²) in [6, 6.07) is 17.1. The maximum atomic E-state index is 13.4. The normalized spacial score (nSPS) is 14.0. The molecule has 0 aliphatic rings. The molecule has 400 valence electrons. The van der Waals surface area contributed by atoms with Gasteiger partial charge in [-0.2, -0.15) is 0 Å². The first-order valence-electron chi connectivity index (χ1n) is 22.3. The van der Waals surface area contributed by atoms with Gasteiger partial charge in [0.15, 0.2) is 35.6 Å². The van der Waals surface area contributed by atoms with Crippen molar-refractivity contribution in [1.29, 1.82) is 0 Å². The van der Waals surface area contributed by atoms with Gasteiger partial charge in [-0.05, 0) is 79.7 Å². The summed E-state index contributed by atoms with van der Waals surface area (Å²) in [5.41, 5.74) is 12.3. The monoisotopic (exact) mass is 1070 g/mol. The van der Waals surface area contributed by atoms with E-state index in [1.165, 1.54) is 12.7 Å². The van der Waals surface area contributed by atoms with Gasteiger partial charge in [-0.3, -0.25) is 18.6 Å². The number of carbonyl (C=O) groups excluding carboxylic acids is 2. The van der Waals surface area contributed by atoms with Crippen LogP contribution in [0.4, 0.5) is 11.6 Å². The lowest BCUT2D eigenvalue weighted by Crippen LogP contribution is -2.24. The van der Waals surface area contributed by atoms with Crippen LogP contribution in [0.25, 0.3) is 22.3 Å². The van der Waals surface area contributed by atoms with Gasteiger partial charge < -0.3 is 58.8 Å². The SMILES string of the molecule is CC(Cn1cnc2c(N)ncnc21)OCP(=O)(OCOC(=O)C(C)(C)C)Oc1ccccc1.CC(Cn1cnc2c(N)ncnc21)OCP(=O)(OCOC(=O)C(C)(C)C)Oc1ccccc1.O=C(O)/C=C/C(=O)O. The first kappa shape index (κ1) is 59.2. The summed E-state index contributed by atoms with van der Waals surface area (Å²) in [5, 5.41) is 15.6. The zero-order chi connectivity index (χ0) is 54.7. The molecule has 0 spiro atoms. The molecule has 26 nitrogen and oxygen atoms in total. The van der Waals surface area contributed by atoms with Gasteiger partial charge in [0, 0.05) is 12.2 Å². The van der Waals surface area contributed by atoms with Crippen molar-refractivity contribution in [2.75, 3.05) is 37.7 Å². The van der Waals surface area contributed by atoms with E-state index < -0.39 is 75.7 Å². The van der Waals surface area contributed by atoms with E-state index in [-0.39, 0.29) is 24.3 Å². The summed E-state index contributed by atoms with van der Waals surface area (Å²) < 4.78 is 73.9. The van der Waals surface area contributed by atoms with Crippen molar-refractivity contribution in [3.05, 3.63) is 98.1 Å². The first-order chi connectivity index (χ1) is 34.8. The second-order valence-electron chi connectivity index (χ2n) is 17.8. The Morgan fingerprint density at radius 2 is 0.946 bits per heavy atom. The quantitative estimate of drug-likeness (QED) is 0.0232. The van der Waals surface area contributed by atoms with Crippen molar-refractivity contribution in [3.8, 4) is 11.5 Å². The number of para-hydroxylation sites is 2. The number of aliphatic carboxylic acids is 2. The number of esters is 2. The number of nitrogens with zero attached hydrogens (tertiary/aromatic N) is 8. The van der Waals surface area contributed by atoms with Crippen molar-refractivity contribution >= 4 is 73.0 Å². The van der Waals surface area contributed by atoms with Gasteiger partial charge in [-0.25, -0.2) is 48.6 Å². The van der Waals surface area contributed by atoms with Crippen molar-refractivity contribution in [2.24, 2.45) is 10.8 Å². The molecule has 0 aliphatic heterocycles. The number of hydrogen-bond acceptors (Lipinski definition) is 22. The number of benzene rings is 2. The van der Waals surface area contributed by atoms with E-state index in [1.54, 1.807) is 138 Å². The molecule has 0 amide bonds. The molecule has 0 saturated heterocycles. The van der Waals surface area contributed by atoms with Crippen LogP contribution in [0.3, 0.4) is 0 Å². The fourth-order valence-corrected chi connectivity index (χ4v) is 8.07. The molecule has 6 rings (SSSR count). The Bertz CT molecular complexity index is 2730. The number of anilines is 2. The van der Waals surface area contributed by atoms with Crippen LogP contribution >= 0.6 is 15.2 Å². The number of ether oxygens (including phenoxy) is 4. The molecule has 0 aliphatic carbocycles. The second kappa shape index (κ2) is 27.1. The Hall–Kier alpha value is -7.34. The minimum absolute atomic E-state index is 0.284. The predicted octanol–water partition coefficient (Wildman–Crippen LogP) is 6.93. The Kier molecular flexibility index (Phi) is 21.7. The minimum atomic E-state index is -3.82. The molecule has 2 aromatic carbocycles. The van der Waals surface area contributed by atoms with Gasteiger partial charge in [0.1, 0.15) is 35.2 Å². The summed E-state index contributed by atoms with van der Waals surface area (Å²) in [6.45, 7) is 13.5. The zero-order valence-corrected chi connectivity index (χ0v) is 43.7. The number of imidazole rings is 2. The molecule has 4 heterocycles. The number of aromatic nitrogens is 8. The summed E-state index contributed by atoms with van der Waals surface area (Å²) >= 11 is 0. The molecule has 74 heavy (non-hydrogen) atoms. The Morgan fingerprint density at radius 3 is 1.27 bits per heavy atom. The van der Waals surface area contributed by atoms with Crippen LogP contribution < -0.4 is 20.5 Å². The fraction of sp³-hybridized carbons (Fsp3) is 0.391. The smallest absolute Gasteiger partial charge is 0.407 e. The third kappa shape index (κ3) is 19.6. The van der Waals surface area contributed by atoms with E-state index >= 15 is 0 Å². The van der Waals surface area contributed by atoms with Crippen LogP contribution in [-0.4, -0.2) is 112 Å². The fourth-order valence-electron chi connectivity index (χ4n) is 5.52. The Morgan fingerprint density at radius 1 is 0.595 bits per heavy atom. The molecule has 0 radical (unpaired) electrons. The molecular formula is C46H60N10O16P2. The topological polar surface area (TPSA) is 356 Å². The summed E-state index contributed by atoms with van der Waals surface area (Å²) in [5.74, 6) is -2.25.